The maximum atomic E-state index is 11.3. The number of amidine groups is 1. The van der Waals surface area contributed by atoms with Gasteiger partial charge in [0.2, 0.25) is 0 Å². The van der Waals surface area contributed by atoms with E-state index in [-0.39, 0.29) is 11.7 Å². The molecule has 0 saturated carbocycles. The molecule has 0 aliphatic rings. The first-order valence-corrected chi connectivity index (χ1v) is 5.57. The Bertz CT molecular complexity index is 418. The highest BCUT2D eigenvalue weighted by molar-refractivity contribution is 9.10. The molecular formula is C10H10BrClN2O. The molecule has 1 aromatic carbocycles. The number of aliphatic imine (C=N–C) groups is 1. The van der Waals surface area contributed by atoms with Crippen LogP contribution in [0.25, 0.3) is 0 Å². The molecule has 3 nitrogen and oxygen atoms in total. The fourth-order valence-corrected chi connectivity index (χ4v) is 1.49. The summed E-state index contributed by atoms with van der Waals surface area (Å²) < 4.78 is 0.830. The topological polar surface area (TPSA) is 55.5 Å². The summed E-state index contributed by atoms with van der Waals surface area (Å²) in [5.41, 5.74) is 6.58. The summed E-state index contributed by atoms with van der Waals surface area (Å²) in [6.07, 6.45) is 0. The van der Waals surface area contributed by atoms with Gasteiger partial charge in [0.15, 0.2) is 5.78 Å². The Hall–Kier alpha value is -0.870. The molecule has 0 aliphatic heterocycles. The Labute approximate surface area is 101 Å². The maximum absolute atomic E-state index is 11.3. The molecule has 15 heavy (non-hydrogen) atoms. The Morgan fingerprint density at radius 3 is 2.80 bits per heavy atom. The first kappa shape index (κ1) is 12.2. The predicted octanol–water partition coefficient (Wildman–Crippen LogP) is 2.88. The fourth-order valence-electron chi connectivity index (χ4n) is 1.07. The number of nitrogens with two attached hydrogens (primary N) is 1. The third-order valence-corrected chi connectivity index (χ3v) is 2.51. The van der Waals surface area contributed by atoms with Crippen molar-refractivity contribution in [3.8, 4) is 0 Å². The van der Waals surface area contributed by atoms with Crippen molar-refractivity contribution in [2.24, 2.45) is 10.7 Å². The Kier molecular flexibility index (Phi) is 4.29. The van der Waals surface area contributed by atoms with Gasteiger partial charge in [0, 0.05) is 10.0 Å². The highest BCUT2D eigenvalue weighted by Crippen LogP contribution is 2.24. The van der Waals surface area contributed by atoms with Gasteiger partial charge in [-0.05, 0) is 25.1 Å². The van der Waals surface area contributed by atoms with Crippen LogP contribution < -0.4 is 5.73 Å². The number of alkyl halides is 1. The quantitative estimate of drug-likeness (QED) is 0.402. The van der Waals surface area contributed by atoms with Gasteiger partial charge in [-0.25, -0.2) is 4.99 Å². The van der Waals surface area contributed by atoms with Crippen LogP contribution in [-0.4, -0.2) is 17.5 Å². The molecule has 0 saturated heterocycles. The number of rotatable bonds is 3. The minimum atomic E-state index is -0.0579. The number of nitrogens with zero attached hydrogens (tertiary/aromatic N) is 1. The van der Waals surface area contributed by atoms with E-state index in [9.17, 15) is 4.79 Å². The van der Waals surface area contributed by atoms with Crippen molar-refractivity contribution >= 4 is 44.8 Å². The zero-order valence-electron chi connectivity index (χ0n) is 8.13. The Morgan fingerprint density at radius 1 is 1.60 bits per heavy atom. The SMILES string of the molecule is CC(=O)c1cc(Br)ccc1N=C(N)CCl. The number of ketones is 1. The van der Waals surface area contributed by atoms with Crippen LogP contribution in [0.5, 0.6) is 0 Å². The predicted molar refractivity (Wildman–Crippen MR) is 66.1 cm³/mol. The zero-order valence-corrected chi connectivity index (χ0v) is 10.5. The summed E-state index contributed by atoms with van der Waals surface area (Å²) >= 11 is 8.80. The minimum absolute atomic E-state index is 0.0579. The average Bonchev–Trinajstić information content (AvgIpc) is 2.20. The van der Waals surface area contributed by atoms with Gasteiger partial charge < -0.3 is 5.73 Å². The molecule has 0 aromatic heterocycles. The van der Waals surface area contributed by atoms with E-state index in [2.05, 4.69) is 20.9 Å². The number of halogens is 2. The molecule has 80 valence electrons. The van der Waals surface area contributed by atoms with Gasteiger partial charge in [0.1, 0.15) is 5.84 Å². The van der Waals surface area contributed by atoms with Crippen LogP contribution >= 0.6 is 27.5 Å². The smallest absolute Gasteiger partial charge is 0.162 e. The summed E-state index contributed by atoms with van der Waals surface area (Å²) in [5, 5.41) is 0. The van der Waals surface area contributed by atoms with E-state index in [1.54, 1.807) is 18.2 Å². The molecule has 0 fully saturated rings. The lowest BCUT2D eigenvalue weighted by Crippen LogP contribution is -2.12. The van der Waals surface area contributed by atoms with Crippen LogP contribution in [0.3, 0.4) is 0 Å². The average molecular weight is 290 g/mol. The molecule has 1 aromatic rings. The van der Waals surface area contributed by atoms with Crippen molar-refractivity contribution in [3.05, 3.63) is 28.2 Å². The van der Waals surface area contributed by atoms with E-state index in [0.717, 1.165) is 4.47 Å². The maximum Gasteiger partial charge on any atom is 0.162 e. The number of carbonyl (C=O) groups is 1. The second-order valence-electron chi connectivity index (χ2n) is 2.95. The van der Waals surface area contributed by atoms with Crippen LogP contribution in [0.1, 0.15) is 17.3 Å². The Morgan fingerprint density at radius 2 is 2.27 bits per heavy atom. The van der Waals surface area contributed by atoms with Crippen molar-refractivity contribution < 1.29 is 4.79 Å². The first-order chi connectivity index (χ1) is 7.04. The summed E-state index contributed by atoms with van der Waals surface area (Å²) in [7, 11) is 0. The van der Waals surface area contributed by atoms with Crippen molar-refractivity contribution in [1.82, 2.24) is 0 Å². The van der Waals surface area contributed by atoms with Gasteiger partial charge in [-0.15, -0.1) is 11.6 Å². The van der Waals surface area contributed by atoms with Crippen molar-refractivity contribution in [1.29, 1.82) is 0 Å². The number of Topliss-reactive ketones (excluding diaryl/α,β-unsaturated/α-hetero) is 1. The third-order valence-electron chi connectivity index (χ3n) is 1.74. The van der Waals surface area contributed by atoms with E-state index < -0.39 is 0 Å². The van der Waals surface area contributed by atoms with E-state index in [1.165, 1.54) is 6.92 Å². The van der Waals surface area contributed by atoms with Crippen LogP contribution in [-0.2, 0) is 0 Å². The second-order valence-corrected chi connectivity index (χ2v) is 4.14. The van der Waals surface area contributed by atoms with Crippen molar-refractivity contribution in [2.45, 2.75) is 6.92 Å². The highest BCUT2D eigenvalue weighted by Gasteiger charge is 2.07. The molecule has 0 radical (unpaired) electrons. The minimum Gasteiger partial charge on any atom is -0.386 e. The summed E-state index contributed by atoms with van der Waals surface area (Å²) in [6, 6.07) is 5.23. The van der Waals surface area contributed by atoms with E-state index in [1.807, 2.05) is 0 Å². The van der Waals surface area contributed by atoms with Gasteiger partial charge in [-0.1, -0.05) is 15.9 Å². The fraction of sp³-hybridized carbons (Fsp3) is 0.200. The van der Waals surface area contributed by atoms with Crippen LogP contribution in [0.4, 0.5) is 5.69 Å². The van der Waals surface area contributed by atoms with Crippen LogP contribution in [0.15, 0.2) is 27.7 Å². The van der Waals surface area contributed by atoms with Crippen molar-refractivity contribution in [3.63, 3.8) is 0 Å². The number of benzene rings is 1. The molecule has 0 aliphatic carbocycles. The summed E-state index contributed by atoms with van der Waals surface area (Å²) in [4.78, 5) is 15.4. The number of hydrogen-bond acceptors (Lipinski definition) is 2. The lowest BCUT2D eigenvalue weighted by molar-refractivity contribution is 0.101. The molecule has 0 atom stereocenters. The molecule has 0 unspecified atom stereocenters. The van der Waals surface area contributed by atoms with Gasteiger partial charge in [0.25, 0.3) is 0 Å². The molecule has 5 heteroatoms. The third kappa shape index (κ3) is 3.32. The molecule has 1 rings (SSSR count). The lowest BCUT2D eigenvalue weighted by Gasteiger charge is -2.03. The lowest BCUT2D eigenvalue weighted by atomic mass is 10.1. The van der Waals surface area contributed by atoms with Crippen LogP contribution in [0, 0.1) is 0 Å². The second kappa shape index (κ2) is 5.28. The van der Waals surface area contributed by atoms with Gasteiger partial charge in [-0.2, -0.15) is 0 Å². The summed E-state index contributed by atoms with van der Waals surface area (Å²) in [6.45, 7) is 1.48. The first-order valence-electron chi connectivity index (χ1n) is 4.24. The Balaban J connectivity index is 3.23. The van der Waals surface area contributed by atoms with E-state index >= 15 is 0 Å². The molecular weight excluding hydrogens is 279 g/mol. The largest absolute Gasteiger partial charge is 0.386 e. The monoisotopic (exact) mass is 288 g/mol. The van der Waals surface area contributed by atoms with Crippen molar-refractivity contribution in [2.75, 3.05) is 5.88 Å². The standard InChI is InChI=1S/C10H10BrClN2O/c1-6(15)8-4-7(11)2-3-9(8)14-10(13)5-12/h2-4H,5H2,1H3,(H2,13,14). The molecule has 0 heterocycles. The van der Waals surface area contributed by atoms with E-state index in [4.69, 9.17) is 17.3 Å². The van der Waals surface area contributed by atoms with E-state index in [0.29, 0.717) is 17.1 Å². The number of carbonyl (C=O) groups excluding carboxylic acids is 1. The zero-order chi connectivity index (χ0) is 11.4. The number of hydrogen-bond donors (Lipinski definition) is 1. The molecule has 2 N–H and O–H groups in total. The van der Waals surface area contributed by atoms with Crippen LogP contribution in [0.2, 0.25) is 0 Å². The molecule has 0 spiro atoms. The normalized spacial score (nSPS) is 11.5. The summed E-state index contributed by atoms with van der Waals surface area (Å²) in [5.74, 6) is 0.381. The van der Waals surface area contributed by atoms with Gasteiger partial charge in [0.05, 0.1) is 11.6 Å². The van der Waals surface area contributed by atoms with Gasteiger partial charge >= 0.3 is 0 Å². The molecule has 0 amide bonds. The molecule has 0 bridgehead atoms. The van der Waals surface area contributed by atoms with Gasteiger partial charge in [-0.3, -0.25) is 4.79 Å². The highest BCUT2D eigenvalue weighted by atomic mass is 79.9.